The van der Waals surface area contributed by atoms with Crippen molar-refractivity contribution in [2.75, 3.05) is 6.54 Å². The lowest BCUT2D eigenvalue weighted by molar-refractivity contribution is 0.102. The van der Waals surface area contributed by atoms with Crippen LogP contribution < -0.4 is 10.6 Å². The van der Waals surface area contributed by atoms with Gasteiger partial charge in [-0.1, -0.05) is 54.6 Å². The maximum atomic E-state index is 11.9. The van der Waals surface area contributed by atoms with Crippen molar-refractivity contribution in [1.82, 2.24) is 30.8 Å². The van der Waals surface area contributed by atoms with E-state index in [0.29, 0.717) is 0 Å². The van der Waals surface area contributed by atoms with Gasteiger partial charge < -0.3 is 15.6 Å². The highest BCUT2D eigenvalue weighted by molar-refractivity contribution is 7.17. The summed E-state index contributed by atoms with van der Waals surface area (Å²) < 4.78 is 0. The quantitative estimate of drug-likeness (QED) is 0.0918. The zero-order chi connectivity index (χ0) is 29.8. The van der Waals surface area contributed by atoms with Gasteiger partial charge in [0.25, 0.3) is 0 Å². The Hall–Kier alpha value is -5.05. The van der Waals surface area contributed by atoms with E-state index in [2.05, 4.69) is 98.9 Å². The molecule has 4 N–H and O–H groups in total. The Morgan fingerprint density at radius 1 is 0.977 bits per heavy atom. The SMILES string of the molecule is C=CN/C=C(\C=C(/C)CNCc1ccccc1)c1ccc2[nH]nc(-c3cc4c(-c5ccc(C(C)=O)s5)nccc4[nH]3)c2c1. The van der Waals surface area contributed by atoms with E-state index < -0.39 is 0 Å². The van der Waals surface area contributed by atoms with E-state index >= 15 is 0 Å². The molecular weight excluding hydrogens is 552 g/mol. The third-order valence-corrected chi connectivity index (χ3v) is 8.41. The number of rotatable bonds is 11. The number of Topliss-reactive ketones (excluding diaryl/α,β-unsaturated/α-hetero) is 1. The summed E-state index contributed by atoms with van der Waals surface area (Å²) in [5.74, 6) is 0.0576. The third-order valence-electron chi connectivity index (χ3n) is 7.22. The minimum atomic E-state index is 0.0576. The molecule has 214 valence electrons. The summed E-state index contributed by atoms with van der Waals surface area (Å²) in [6.45, 7) is 9.11. The molecule has 6 rings (SSSR count). The Balaban J connectivity index is 1.32. The first-order valence-electron chi connectivity index (χ1n) is 14.1. The van der Waals surface area contributed by atoms with Gasteiger partial charge in [-0.05, 0) is 73.1 Å². The highest BCUT2D eigenvalue weighted by Gasteiger charge is 2.16. The number of carbonyl (C=O) groups is 1. The lowest BCUT2D eigenvalue weighted by Crippen LogP contribution is -2.15. The van der Waals surface area contributed by atoms with Gasteiger partial charge in [0.1, 0.15) is 5.69 Å². The van der Waals surface area contributed by atoms with Crippen molar-refractivity contribution in [3.8, 4) is 22.0 Å². The van der Waals surface area contributed by atoms with Crippen LogP contribution in [0.2, 0.25) is 0 Å². The van der Waals surface area contributed by atoms with Crippen molar-refractivity contribution in [3.63, 3.8) is 0 Å². The third kappa shape index (κ3) is 6.11. The molecular formula is C35H32N6OS. The van der Waals surface area contributed by atoms with Crippen LogP contribution in [0, 0.1) is 0 Å². The van der Waals surface area contributed by atoms with Gasteiger partial charge in [-0.25, -0.2) is 0 Å². The number of hydrogen-bond donors (Lipinski definition) is 4. The summed E-state index contributed by atoms with van der Waals surface area (Å²) in [6, 6.07) is 24.6. The highest BCUT2D eigenvalue weighted by Crippen LogP contribution is 2.36. The summed E-state index contributed by atoms with van der Waals surface area (Å²) >= 11 is 1.46. The van der Waals surface area contributed by atoms with E-state index in [-0.39, 0.29) is 5.78 Å². The van der Waals surface area contributed by atoms with Gasteiger partial charge >= 0.3 is 0 Å². The second kappa shape index (κ2) is 12.4. The number of thiophene rings is 1. The second-order valence-corrected chi connectivity index (χ2v) is 11.5. The maximum Gasteiger partial charge on any atom is 0.169 e. The molecule has 8 heteroatoms. The number of aromatic amines is 2. The Morgan fingerprint density at radius 3 is 2.60 bits per heavy atom. The molecule has 0 atom stereocenters. The van der Waals surface area contributed by atoms with Crippen molar-refractivity contribution in [1.29, 1.82) is 0 Å². The molecule has 0 saturated carbocycles. The number of pyridine rings is 1. The van der Waals surface area contributed by atoms with Gasteiger partial charge in [-0.3, -0.25) is 14.9 Å². The number of carbonyl (C=O) groups excluding carboxylic acids is 1. The molecule has 0 aliphatic rings. The summed E-state index contributed by atoms with van der Waals surface area (Å²) in [5.41, 5.74) is 9.03. The summed E-state index contributed by atoms with van der Waals surface area (Å²) in [4.78, 5) is 21.8. The minimum absolute atomic E-state index is 0.0576. The smallest absolute Gasteiger partial charge is 0.169 e. The second-order valence-electron chi connectivity index (χ2n) is 10.4. The number of nitrogens with one attached hydrogen (secondary N) is 4. The molecule has 0 aliphatic heterocycles. The van der Waals surface area contributed by atoms with Crippen molar-refractivity contribution in [2.45, 2.75) is 20.4 Å². The normalized spacial score (nSPS) is 12.2. The zero-order valence-electron chi connectivity index (χ0n) is 24.1. The molecule has 0 fully saturated rings. The predicted octanol–water partition coefficient (Wildman–Crippen LogP) is 7.85. The molecule has 0 amide bonds. The maximum absolute atomic E-state index is 11.9. The number of allylic oxidation sites excluding steroid dienone is 2. The number of benzene rings is 2. The van der Waals surface area contributed by atoms with Crippen LogP contribution in [0.25, 0.3) is 49.3 Å². The van der Waals surface area contributed by atoms with Crippen LogP contribution in [0.4, 0.5) is 0 Å². The molecule has 0 aliphatic carbocycles. The average molecular weight is 585 g/mol. The van der Waals surface area contributed by atoms with Crippen molar-refractivity contribution in [2.24, 2.45) is 0 Å². The van der Waals surface area contributed by atoms with Crippen LogP contribution in [0.5, 0.6) is 0 Å². The molecule has 4 aromatic heterocycles. The Kier molecular flexibility index (Phi) is 8.13. The highest BCUT2D eigenvalue weighted by atomic mass is 32.1. The number of aromatic nitrogens is 4. The molecule has 0 unspecified atom stereocenters. The van der Waals surface area contributed by atoms with Crippen LogP contribution >= 0.6 is 11.3 Å². The van der Waals surface area contributed by atoms with Gasteiger partial charge in [0.05, 0.1) is 26.7 Å². The number of H-pyrrole nitrogens is 2. The molecule has 4 heterocycles. The van der Waals surface area contributed by atoms with Gasteiger partial charge in [-0.2, -0.15) is 5.10 Å². The standard InChI is InChI=1S/C35H32N6OS/c1-4-36-21-26(16-22(2)19-37-20-24-8-6-5-7-9-24)25-10-11-30-27(17-25)34(41-40-30)31-18-28-29(39-31)14-15-38-35(28)33-13-12-32(43-33)23(3)42/h4-18,21,36-37,39H,1,19-20H2,2-3H3,(H,40,41)/b22-16+,26-21+. The van der Waals surface area contributed by atoms with E-state index in [0.717, 1.165) is 72.9 Å². The van der Waals surface area contributed by atoms with E-state index in [1.165, 1.54) is 22.5 Å². The molecule has 0 radical (unpaired) electrons. The van der Waals surface area contributed by atoms with Crippen LogP contribution in [-0.2, 0) is 6.54 Å². The number of ketones is 1. The number of fused-ring (bicyclic) bond motifs is 2. The van der Waals surface area contributed by atoms with E-state index in [1.807, 2.05) is 30.5 Å². The largest absolute Gasteiger partial charge is 0.368 e. The number of hydrogen-bond acceptors (Lipinski definition) is 6. The molecule has 0 spiro atoms. The zero-order valence-corrected chi connectivity index (χ0v) is 24.9. The first kappa shape index (κ1) is 28.1. The van der Waals surface area contributed by atoms with E-state index in [4.69, 9.17) is 0 Å². The van der Waals surface area contributed by atoms with Gasteiger partial charge in [0.15, 0.2) is 5.78 Å². The predicted molar refractivity (Wildman–Crippen MR) is 178 cm³/mol. The van der Waals surface area contributed by atoms with Gasteiger partial charge in [0, 0.05) is 41.8 Å². The lowest BCUT2D eigenvalue weighted by atomic mass is 10.0. The van der Waals surface area contributed by atoms with Crippen LogP contribution in [0.3, 0.4) is 0 Å². The van der Waals surface area contributed by atoms with Gasteiger partial charge in [0.2, 0.25) is 0 Å². The molecule has 2 aromatic carbocycles. The van der Waals surface area contributed by atoms with Gasteiger partial charge in [-0.15, -0.1) is 11.3 Å². The van der Waals surface area contributed by atoms with Crippen molar-refractivity contribution >= 4 is 44.5 Å². The fraction of sp³-hybridized carbons (Fsp3) is 0.114. The van der Waals surface area contributed by atoms with E-state index in [1.54, 1.807) is 19.3 Å². The molecule has 6 aromatic rings. The molecule has 7 nitrogen and oxygen atoms in total. The topological polar surface area (TPSA) is 98.5 Å². The summed E-state index contributed by atoms with van der Waals surface area (Å²) in [6.07, 6.45) is 7.61. The Morgan fingerprint density at radius 2 is 1.81 bits per heavy atom. The van der Waals surface area contributed by atoms with Crippen LogP contribution in [-0.4, -0.2) is 32.5 Å². The van der Waals surface area contributed by atoms with Crippen LogP contribution in [0.15, 0.2) is 110 Å². The van der Waals surface area contributed by atoms with Crippen LogP contribution in [0.1, 0.15) is 34.6 Å². The fourth-order valence-electron chi connectivity index (χ4n) is 5.10. The fourth-order valence-corrected chi connectivity index (χ4v) is 6.02. The number of nitrogens with zero attached hydrogens (tertiary/aromatic N) is 2. The molecule has 0 saturated heterocycles. The molecule has 43 heavy (non-hydrogen) atoms. The average Bonchev–Trinajstić information content (AvgIpc) is 3.77. The monoisotopic (exact) mass is 584 g/mol. The van der Waals surface area contributed by atoms with E-state index in [9.17, 15) is 4.79 Å². The summed E-state index contributed by atoms with van der Waals surface area (Å²) in [7, 11) is 0. The first-order chi connectivity index (χ1) is 21.0. The van der Waals surface area contributed by atoms with Crippen molar-refractivity contribution in [3.05, 3.63) is 126 Å². The Labute approximate surface area is 254 Å². The molecule has 0 bridgehead atoms. The minimum Gasteiger partial charge on any atom is -0.368 e. The summed E-state index contributed by atoms with van der Waals surface area (Å²) in [5, 5.41) is 16.5. The first-order valence-corrected chi connectivity index (χ1v) is 14.9. The van der Waals surface area contributed by atoms with Crippen molar-refractivity contribution < 1.29 is 4.79 Å². The Bertz CT molecular complexity index is 1990. The lowest BCUT2D eigenvalue weighted by Gasteiger charge is -2.09.